The molecule has 0 N–H and O–H groups in total. The molecule has 1 fully saturated rings. The molecule has 0 spiro atoms. The van der Waals surface area contributed by atoms with Crippen LogP contribution in [0.25, 0.3) is 0 Å². The van der Waals surface area contributed by atoms with Crippen molar-refractivity contribution in [2.24, 2.45) is 0 Å². The molecule has 2 rings (SSSR count). The summed E-state index contributed by atoms with van der Waals surface area (Å²) in [6, 6.07) is 5.10. The van der Waals surface area contributed by atoms with Gasteiger partial charge in [0, 0.05) is 24.8 Å². The molecule has 0 saturated carbocycles. The number of hydrogen-bond acceptors (Lipinski definition) is 3. The zero-order chi connectivity index (χ0) is 15.6. The van der Waals surface area contributed by atoms with Crippen molar-refractivity contribution in [2.75, 3.05) is 32.1 Å². The summed E-state index contributed by atoms with van der Waals surface area (Å²) < 4.78 is 41.1. The summed E-state index contributed by atoms with van der Waals surface area (Å²) in [4.78, 5) is 4.32. The molecule has 1 aromatic rings. The van der Waals surface area contributed by atoms with Crippen LogP contribution in [0.3, 0.4) is 0 Å². The Bertz CT molecular complexity index is 482. The van der Waals surface area contributed by atoms with E-state index in [1.165, 1.54) is 12.1 Å². The van der Waals surface area contributed by atoms with E-state index in [2.05, 4.69) is 21.6 Å². The van der Waals surface area contributed by atoms with E-state index in [9.17, 15) is 13.2 Å². The molecule has 0 aliphatic carbocycles. The maximum absolute atomic E-state index is 12.4. The van der Waals surface area contributed by atoms with Gasteiger partial charge in [0.25, 0.3) is 0 Å². The number of rotatable bonds is 3. The lowest BCUT2D eigenvalue weighted by Gasteiger charge is -2.36. The zero-order valence-corrected chi connectivity index (χ0v) is 12.6. The second kappa shape index (κ2) is 6.13. The summed E-state index contributed by atoms with van der Waals surface area (Å²) in [6.45, 7) is 3.79. The average Bonchev–Trinajstić information content (AvgIpc) is 2.36. The highest BCUT2D eigenvalue weighted by Gasteiger charge is 2.31. The lowest BCUT2D eigenvalue weighted by molar-refractivity contribution is -0.274. The van der Waals surface area contributed by atoms with E-state index in [1.807, 2.05) is 13.1 Å². The van der Waals surface area contributed by atoms with Crippen molar-refractivity contribution in [2.45, 2.75) is 32.2 Å². The minimum absolute atomic E-state index is 0.155. The largest absolute Gasteiger partial charge is 0.573 e. The standard InChI is InChI=1S/C15H21F3N2O/c1-11-8-13(10-14(9-11)21-15(16,17)18)20(3)12-4-6-19(2)7-5-12/h8-10,12H,4-7H2,1-3H3. The van der Waals surface area contributed by atoms with Crippen LogP contribution in [0.4, 0.5) is 18.9 Å². The number of hydrogen-bond donors (Lipinski definition) is 0. The molecule has 1 heterocycles. The third kappa shape index (κ3) is 4.52. The summed E-state index contributed by atoms with van der Waals surface area (Å²) in [5, 5.41) is 0. The van der Waals surface area contributed by atoms with Gasteiger partial charge in [-0.05, 0) is 57.6 Å². The molecule has 1 aromatic carbocycles. The zero-order valence-electron chi connectivity index (χ0n) is 12.6. The Hall–Kier alpha value is -1.43. The molecule has 118 valence electrons. The van der Waals surface area contributed by atoms with E-state index in [0.29, 0.717) is 6.04 Å². The Morgan fingerprint density at radius 2 is 1.81 bits per heavy atom. The van der Waals surface area contributed by atoms with Crippen LogP contribution in [0.5, 0.6) is 5.75 Å². The Morgan fingerprint density at radius 1 is 1.19 bits per heavy atom. The molecule has 0 bridgehead atoms. The molecule has 3 nitrogen and oxygen atoms in total. The number of alkyl halides is 3. The lowest BCUT2D eigenvalue weighted by atomic mass is 10.0. The van der Waals surface area contributed by atoms with Gasteiger partial charge in [0.1, 0.15) is 5.75 Å². The number of aryl methyl sites for hydroxylation is 1. The molecule has 0 atom stereocenters. The highest BCUT2D eigenvalue weighted by atomic mass is 19.4. The quantitative estimate of drug-likeness (QED) is 0.851. The van der Waals surface area contributed by atoms with Crippen molar-refractivity contribution in [1.82, 2.24) is 4.90 Å². The van der Waals surface area contributed by atoms with Gasteiger partial charge >= 0.3 is 6.36 Å². The number of piperidine rings is 1. The van der Waals surface area contributed by atoms with E-state index in [4.69, 9.17) is 0 Å². The van der Waals surface area contributed by atoms with Gasteiger partial charge in [-0.1, -0.05) is 0 Å². The third-order valence-corrected chi connectivity index (χ3v) is 3.91. The number of nitrogens with zero attached hydrogens (tertiary/aromatic N) is 2. The first kappa shape index (κ1) is 15.9. The van der Waals surface area contributed by atoms with Crippen molar-refractivity contribution >= 4 is 5.69 Å². The monoisotopic (exact) mass is 302 g/mol. The topological polar surface area (TPSA) is 15.7 Å². The molecule has 0 unspecified atom stereocenters. The van der Waals surface area contributed by atoms with E-state index < -0.39 is 6.36 Å². The van der Waals surface area contributed by atoms with E-state index in [-0.39, 0.29) is 5.75 Å². The lowest BCUT2D eigenvalue weighted by Crippen LogP contribution is -2.42. The van der Waals surface area contributed by atoms with Gasteiger partial charge in [-0.25, -0.2) is 0 Å². The first-order chi connectivity index (χ1) is 9.74. The highest BCUT2D eigenvalue weighted by molar-refractivity contribution is 5.53. The Balaban J connectivity index is 2.15. The molecule has 1 aliphatic rings. The molecule has 1 aliphatic heterocycles. The number of halogens is 3. The predicted molar refractivity (Wildman–Crippen MR) is 76.8 cm³/mol. The fraction of sp³-hybridized carbons (Fsp3) is 0.600. The first-order valence-corrected chi connectivity index (χ1v) is 7.03. The summed E-state index contributed by atoms with van der Waals surface area (Å²) in [7, 11) is 4.01. The van der Waals surface area contributed by atoms with Crippen LogP contribution in [0.15, 0.2) is 18.2 Å². The Morgan fingerprint density at radius 3 is 2.38 bits per heavy atom. The van der Waals surface area contributed by atoms with Crippen molar-refractivity contribution in [1.29, 1.82) is 0 Å². The molecular weight excluding hydrogens is 281 g/mol. The Labute approximate surface area is 123 Å². The highest BCUT2D eigenvalue weighted by Crippen LogP contribution is 2.30. The molecule has 1 saturated heterocycles. The summed E-state index contributed by atoms with van der Waals surface area (Å²) >= 11 is 0. The fourth-order valence-electron chi connectivity index (χ4n) is 2.72. The maximum Gasteiger partial charge on any atom is 0.573 e. The van der Waals surface area contributed by atoms with Gasteiger partial charge < -0.3 is 14.5 Å². The van der Waals surface area contributed by atoms with Gasteiger partial charge in [0.15, 0.2) is 0 Å². The van der Waals surface area contributed by atoms with E-state index >= 15 is 0 Å². The van der Waals surface area contributed by atoms with E-state index in [1.54, 1.807) is 6.92 Å². The van der Waals surface area contributed by atoms with Crippen molar-refractivity contribution in [3.8, 4) is 5.75 Å². The smallest absolute Gasteiger partial charge is 0.406 e. The minimum Gasteiger partial charge on any atom is -0.406 e. The average molecular weight is 302 g/mol. The third-order valence-electron chi connectivity index (χ3n) is 3.91. The molecule has 6 heteroatoms. The summed E-state index contributed by atoms with van der Waals surface area (Å²) in [6.07, 6.45) is -2.63. The maximum atomic E-state index is 12.4. The fourth-order valence-corrected chi connectivity index (χ4v) is 2.72. The van der Waals surface area contributed by atoms with Crippen LogP contribution in [0, 0.1) is 6.92 Å². The van der Waals surface area contributed by atoms with Crippen LogP contribution in [0.2, 0.25) is 0 Å². The summed E-state index contributed by atoms with van der Waals surface area (Å²) in [5.74, 6) is -0.155. The number of benzene rings is 1. The molecular formula is C15H21F3N2O. The van der Waals surface area contributed by atoms with Crippen LogP contribution in [-0.2, 0) is 0 Å². The Kier molecular flexibility index (Phi) is 4.66. The second-order valence-corrected chi connectivity index (χ2v) is 5.70. The summed E-state index contributed by atoms with van der Waals surface area (Å²) in [5.41, 5.74) is 1.52. The van der Waals surface area contributed by atoms with Gasteiger partial charge in [-0.3, -0.25) is 0 Å². The van der Waals surface area contributed by atoms with Crippen molar-refractivity contribution < 1.29 is 17.9 Å². The van der Waals surface area contributed by atoms with Gasteiger partial charge in [0.05, 0.1) is 0 Å². The molecule has 0 aromatic heterocycles. The van der Waals surface area contributed by atoms with Crippen molar-refractivity contribution in [3.63, 3.8) is 0 Å². The van der Waals surface area contributed by atoms with E-state index in [0.717, 1.165) is 37.2 Å². The minimum atomic E-state index is -4.66. The normalized spacial score (nSPS) is 17.8. The van der Waals surface area contributed by atoms with Crippen molar-refractivity contribution in [3.05, 3.63) is 23.8 Å². The molecule has 0 radical (unpaired) electrons. The number of likely N-dealkylation sites (tertiary alicyclic amines) is 1. The van der Waals surface area contributed by atoms with Crippen LogP contribution in [-0.4, -0.2) is 44.5 Å². The van der Waals surface area contributed by atoms with Gasteiger partial charge in [0.2, 0.25) is 0 Å². The van der Waals surface area contributed by atoms with Gasteiger partial charge in [-0.15, -0.1) is 13.2 Å². The second-order valence-electron chi connectivity index (χ2n) is 5.70. The van der Waals surface area contributed by atoms with Crippen LogP contribution < -0.4 is 9.64 Å². The van der Waals surface area contributed by atoms with Crippen LogP contribution in [0.1, 0.15) is 18.4 Å². The SMILES string of the molecule is Cc1cc(OC(F)(F)F)cc(N(C)C2CCN(C)CC2)c1. The molecule has 0 amide bonds. The van der Waals surface area contributed by atoms with Gasteiger partial charge in [-0.2, -0.15) is 0 Å². The number of anilines is 1. The first-order valence-electron chi connectivity index (χ1n) is 7.03. The predicted octanol–water partition coefficient (Wildman–Crippen LogP) is 3.42. The van der Waals surface area contributed by atoms with Crippen LogP contribution >= 0.6 is 0 Å². The number of ether oxygens (including phenoxy) is 1. The molecule has 21 heavy (non-hydrogen) atoms.